The Morgan fingerprint density at radius 3 is 2.43 bits per heavy atom. The molecular formula is C21H20F4N2O. The number of alkyl halides is 1. The average molecular weight is 392 g/mol. The van der Waals surface area contributed by atoms with E-state index in [1.165, 1.54) is 23.1 Å². The molecule has 1 aliphatic rings. The average Bonchev–Trinajstić information content (AvgIpc) is 2.67. The lowest BCUT2D eigenvalue weighted by Gasteiger charge is -2.34. The molecule has 3 rings (SSSR count). The van der Waals surface area contributed by atoms with Crippen LogP contribution >= 0.6 is 0 Å². The maximum atomic E-state index is 14.5. The first-order valence-corrected chi connectivity index (χ1v) is 8.97. The van der Waals surface area contributed by atoms with Gasteiger partial charge in [-0.2, -0.15) is 0 Å². The third kappa shape index (κ3) is 4.98. The normalized spacial score (nSPS) is 19.9. The maximum absolute atomic E-state index is 14.5. The molecule has 1 N–H and O–H groups in total. The summed E-state index contributed by atoms with van der Waals surface area (Å²) in [5.41, 5.74) is 0.533. The quantitative estimate of drug-likeness (QED) is 0.619. The summed E-state index contributed by atoms with van der Waals surface area (Å²) in [5, 5.41) is 3.09. The van der Waals surface area contributed by atoms with Gasteiger partial charge in [-0.3, -0.25) is 4.79 Å². The number of nitrogens with one attached hydrogen (secondary N) is 1. The lowest BCUT2D eigenvalue weighted by atomic mass is 10.0. The van der Waals surface area contributed by atoms with E-state index in [1.54, 1.807) is 12.1 Å². The topological polar surface area (TPSA) is 32.3 Å². The molecule has 1 aliphatic heterocycles. The number of hydrogen-bond donors (Lipinski definition) is 1. The van der Waals surface area contributed by atoms with Crippen LogP contribution in [0.25, 0.3) is 6.08 Å². The van der Waals surface area contributed by atoms with E-state index in [-0.39, 0.29) is 17.9 Å². The van der Waals surface area contributed by atoms with Crippen molar-refractivity contribution in [2.24, 2.45) is 0 Å². The first-order valence-electron chi connectivity index (χ1n) is 8.97. The van der Waals surface area contributed by atoms with E-state index in [4.69, 9.17) is 0 Å². The number of piperidine rings is 1. The lowest BCUT2D eigenvalue weighted by Crippen LogP contribution is -2.51. The molecule has 2 aromatic rings. The first-order chi connectivity index (χ1) is 13.4. The number of carbonyl (C=O) groups excluding carboxylic acids is 1. The maximum Gasteiger partial charge on any atom is 0.246 e. The zero-order valence-electron chi connectivity index (χ0n) is 15.0. The highest BCUT2D eigenvalue weighted by Gasteiger charge is 2.30. The summed E-state index contributed by atoms with van der Waals surface area (Å²) in [6.07, 6.45) is 1.24. The smallest absolute Gasteiger partial charge is 0.246 e. The number of halogens is 4. The van der Waals surface area contributed by atoms with Crippen LogP contribution in [0, 0.1) is 17.5 Å². The predicted molar refractivity (Wildman–Crippen MR) is 98.5 cm³/mol. The fourth-order valence-corrected chi connectivity index (χ4v) is 3.12. The molecule has 0 bridgehead atoms. The van der Waals surface area contributed by atoms with Gasteiger partial charge in [-0.15, -0.1) is 0 Å². The Bertz CT molecular complexity index is 834. The van der Waals surface area contributed by atoms with Crippen molar-refractivity contribution in [3.8, 4) is 0 Å². The molecule has 0 aliphatic carbocycles. The van der Waals surface area contributed by atoms with Crippen molar-refractivity contribution in [2.75, 3.05) is 13.1 Å². The Kier molecular flexibility index (Phi) is 6.46. The molecular weight excluding hydrogens is 372 g/mol. The van der Waals surface area contributed by atoms with E-state index < -0.39 is 29.8 Å². The minimum absolute atomic E-state index is 0.107. The second-order valence-electron chi connectivity index (χ2n) is 6.67. The summed E-state index contributed by atoms with van der Waals surface area (Å²) in [5.74, 6) is -2.36. The van der Waals surface area contributed by atoms with Crippen molar-refractivity contribution >= 4 is 12.0 Å². The molecule has 148 valence electrons. The summed E-state index contributed by atoms with van der Waals surface area (Å²) < 4.78 is 54.6. The second-order valence-corrected chi connectivity index (χ2v) is 6.67. The van der Waals surface area contributed by atoms with Gasteiger partial charge in [-0.05, 0) is 42.3 Å². The van der Waals surface area contributed by atoms with Crippen LogP contribution < -0.4 is 5.32 Å². The van der Waals surface area contributed by atoms with Crippen molar-refractivity contribution in [1.82, 2.24) is 10.2 Å². The van der Waals surface area contributed by atoms with Gasteiger partial charge in [0.15, 0.2) is 0 Å². The number of nitrogens with zero attached hydrogens (tertiary/aromatic N) is 1. The minimum atomic E-state index is -1.28. The van der Waals surface area contributed by atoms with Gasteiger partial charge in [0.2, 0.25) is 5.91 Å². The Morgan fingerprint density at radius 1 is 1.11 bits per heavy atom. The van der Waals surface area contributed by atoms with Crippen molar-refractivity contribution in [2.45, 2.75) is 25.2 Å². The van der Waals surface area contributed by atoms with Gasteiger partial charge in [0.05, 0.1) is 6.54 Å². The molecule has 2 atom stereocenters. The molecule has 0 spiro atoms. The lowest BCUT2D eigenvalue weighted by molar-refractivity contribution is -0.128. The van der Waals surface area contributed by atoms with E-state index in [9.17, 15) is 22.4 Å². The minimum Gasteiger partial charge on any atom is -0.336 e. The molecule has 0 radical (unpaired) electrons. The van der Waals surface area contributed by atoms with Crippen molar-refractivity contribution < 1.29 is 22.4 Å². The molecule has 1 amide bonds. The van der Waals surface area contributed by atoms with Gasteiger partial charge in [0.25, 0.3) is 0 Å². The molecule has 1 saturated heterocycles. The third-order valence-electron chi connectivity index (χ3n) is 4.73. The van der Waals surface area contributed by atoms with Gasteiger partial charge in [0, 0.05) is 30.8 Å². The van der Waals surface area contributed by atoms with Gasteiger partial charge in [-0.1, -0.05) is 18.2 Å². The van der Waals surface area contributed by atoms with E-state index >= 15 is 0 Å². The van der Waals surface area contributed by atoms with Gasteiger partial charge in [-0.25, -0.2) is 17.6 Å². The molecule has 0 aromatic heterocycles. The van der Waals surface area contributed by atoms with E-state index in [0.717, 1.165) is 29.8 Å². The summed E-state index contributed by atoms with van der Waals surface area (Å²) in [6.45, 7) is 0.611. The number of benzene rings is 2. The number of amides is 1. The molecule has 3 nitrogen and oxygen atoms in total. The SMILES string of the molecule is O=C(/C=C\c1c(F)cccc1F)N1CCC(NCc2ccc(F)cc2)C(F)C1. The highest BCUT2D eigenvalue weighted by atomic mass is 19.1. The standard InChI is InChI=1S/C21H20F4N2O/c22-15-6-4-14(5-7-15)12-26-20-10-11-27(13-19(20)25)21(28)9-8-16-17(23)2-1-3-18(16)24/h1-9,19-20,26H,10-13H2/b9-8-. The molecule has 1 heterocycles. The van der Waals surface area contributed by atoms with E-state index in [1.807, 2.05) is 0 Å². The molecule has 1 fully saturated rings. The molecule has 7 heteroatoms. The Hall–Kier alpha value is -2.67. The van der Waals surface area contributed by atoms with Crippen LogP contribution in [-0.2, 0) is 11.3 Å². The van der Waals surface area contributed by atoms with Crippen LogP contribution in [0.4, 0.5) is 17.6 Å². The highest BCUT2D eigenvalue weighted by Crippen LogP contribution is 2.17. The Balaban J connectivity index is 1.53. The Morgan fingerprint density at radius 2 is 1.79 bits per heavy atom. The summed E-state index contributed by atoms with van der Waals surface area (Å²) in [4.78, 5) is 13.5. The fraction of sp³-hybridized carbons (Fsp3) is 0.286. The molecule has 2 unspecified atom stereocenters. The van der Waals surface area contributed by atoms with Gasteiger partial charge < -0.3 is 10.2 Å². The van der Waals surface area contributed by atoms with Crippen LogP contribution in [0.15, 0.2) is 48.5 Å². The van der Waals surface area contributed by atoms with Crippen LogP contribution in [0.3, 0.4) is 0 Å². The van der Waals surface area contributed by atoms with Gasteiger partial charge >= 0.3 is 0 Å². The highest BCUT2D eigenvalue weighted by molar-refractivity contribution is 5.92. The zero-order valence-corrected chi connectivity index (χ0v) is 15.0. The third-order valence-corrected chi connectivity index (χ3v) is 4.73. The molecule has 2 aromatic carbocycles. The van der Waals surface area contributed by atoms with Crippen LogP contribution in [0.5, 0.6) is 0 Å². The largest absolute Gasteiger partial charge is 0.336 e. The summed E-state index contributed by atoms with van der Waals surface area (Å²) in [6, 6.07) is 8.95. The number of likely N-dealkylation sites (tertiary alicyclic amines) is 1. The number of carbonyl (C=O) groups is 1. The molecule has 0 saturated carbocycles. The first kappa shape index (κ1) is 20.1. The Labute approximate surface area is 160 Å². The zero-order chi connectivity index (χ0) is 20.1. The summed E-state index contributed by atoms with van der Waals surface area (Å²) >= 11 is 0. The van der Waals surface area contributed by atoms with Crippen molar-refractivity contribution in [3.05, 3.63) is 77.1 Å². The van der Waals surface area contributed by atoms with Crippen LogP contribution in [0.2, 0.25) is 0 Å². The van der Waals surface area contributed by atoms with Crippen molar-refractivity contribution in [1.29, 1.82) is 0 Å². The van der Waals surface area contributed by atoms with E-state index in [0.29, 0.717) is 19.5 Å². The monoisotopic (exact) mass is 392 g/mol. The van der Waals surface area contributed by atoms with Crippen molar-refractivity contribution in [3.63, 3.8) is 0 Å². The molecule has 28 heavy (non-hydrogen) atoms. The number of rotatable bonds is 5. The van der Waals surface area contributed by atoms with E-state index in [2.05, 4.69) is 5.32 Å². The summed E-state index contributed by atoms with van der Waals surface area (Å²) in [7, 11) is 0. The predicted octanol–water partition coefficient (Wildman–Crippen LogP) is 3.85. The van der Waals surface area contributed by atoms with Gasteiger partial charge in [0.1, 0.15) is 23.6 Å². The fourth-order valence-electron chi connectivity index (χ4n) is 3.12. The number of hydrogen-bond acceptors (Lipinski definition) is 2. The van der Waals surface area contributed by atoms with Crippen LogP contribution in [0.1, 0.15) is 17.5 Å². The van der Waals surface area contributed by atoms with Crippen LogP contribution in [-0.4, -0.2) is 36.1 Å². The second kappa shape index (κ2) is 9.01.